The van der Waals surface area contributed by atoms with Gasteiger partial charge in [-0.2, -0.15) is 0 Å². The van der Waals surface area contributed by atoms with Crippen molar-refractivity contribution in [2.75, 3.05) is 11.9 Å². The van der Waals surface area contributed by atoms with E-state index in [1.807, 2.05) is 55.5 Å². The van der Waals surface area contributed by atoms with E-state index < -0.39 is 0 Å². The van der Waals surface area contributed by atoms with Crippen LogP contribution in [0.3, 0.4) is 0 Å². The molecular formula is C16H16BrNO2. The molecular weight excluding hydrogens is 318 g/mol. The van der Waals surface area contributed by atoms with Gasteiger partial charge in [0, 0.05) is 10.2 Å². The molecule has 3 nitrogen and oxygen atoms in total. The summed E-state index contributed by atoms with van der Waals surface area (Å²) in [5.41, 5.74) is 1.89. The predicted molar refractivity (Wildman–Crippen MR) is 84.1 cm³/mol. The Morgan fingerprint density at radius 1 is 1.20 bits per heavy atom. The van der Waals surface area contributed by atoms with Gasteiger partial charge >= 0.3 is 0 Å². The summed E-state index contributed by atoms with van der Waals surface area (Å²) in [6.07, 6.45) is 0.320. The van der Waals surface area contributed by atoms with Gasteiger partial charge < -0.3 is 10.1 Å². The first kappa shape index (κ1) is 14.6. The molecule has 0 aliphatic rings. The standard InChI is InChI=1S/C16H16BrNO2/c1-12-9-13(17)11-14(10-12)18-16(19)7-8-20-15-5-3-2-4-6-15/h2-6,9-11H,7-8H2,1H3,(H,18,19). The van der Waals surface area contributed by atoms with Gasteiger partial charge in [-0.3, -0.25) is 4.79 Å². The molecule has 0 atom stereocenters. The molecule has 0 saturated carbocycles. The normalized spacial score (nSPS) is 10.1. The summed E-state index contributed by atoms with van der Waals surface area (Å²) in [5.74, 6) is 0.719. The van der Waals surface area contributed by atoms with Crippen molar-refractivity contribution in [1.29, 1.82) is 0 Å². The third-order valence-corrected chi connectivity index (χ3v) is 3.12. The van der Waals surface area contributed by atoms with Crippen LogP contribution in [0.4, 0.5) is 5.69 Å². The van der Waals surface area contributed by atoms with Gasteiger partial charge in [0.25, 0.3) is 0 Å². The number of nitrogens with one attached hydrogen (secondary N) is 1. The quantitative estimate of drug-likeness (QED) is 0.891. The number of carbonyl (C=O) groups excluding carboxylic acids is 1. The molecule has 0 radical (unpaired) electrons. The van der Waals surface area contributed by atoms with E-state index in [0.29, 0.717) is 13.0 Å². The molecule has 0 saturated heterocycles. The molecule has 20 heavy (non-hydrogen) atoms. The highest BCUT2D eigenvalue weighted by molar-refractivity contribution is 9.10. The van der Waals surface area contributed by atoms with E-state index in [-0.39, 0.29) is 5.91 Å². The highest BCUT2D eigenvalue weighted by atomic mass is 79.9. The van der Waals surface area contributed by atoms with Crippen molar-refractivity contribution in [1.82, 2.24) is 0 Å². The van der Waals surface area contributed by atoms with Crippen molar-refractivity contribution in [2.24, 2.45) is 0 Å². The van der Waals surface area contributed by atoms with Crippen LogP contribution in [0.15, 0.2) is 53.0 Å². The number of hydrogen-bond acceptors (Lipinski definition) is 2. The van der Waals surface area contributed by atoms with E-state index in [1.165, 1.54) is 0 Å². The third-order valence-electron chi connectivity index (χ3n) is 2.67. The fourth-order valence-corrected chi connectivity index (χ4v) is 2.42. The molecule has 4 heteroatoms. The Labute approximate surface area is 127 Å². The molecule has 0 fully saturated rings. The Morgan fingerprint density at radius 2 is 1.95 bits per heavy atom. The third kappa shape index (κ3) is 4.70. The van der Waals surface area contributed by atoms with E-state index >= 15 is 0 Å². The van der Waals surface area contributed by atoms with Crippen LogP contribution in [0.5, 0.6) is 5.75 Å². The second-order valence-corrected chi connectivity index (χ2v) is 5.39. The van der Waals surface area contributed by atoms with E-state index in [9.17, 15) is 4.79 Å². The summed E-state index contributed by atoms with van der Waals surface area (Å²) in [5, 5.41) is 2.86. The minimum atomic E-state index is -0.0570. The van der Waals surface area contributed by atoms with Crippen LogP contribution in [-0.2, 0) is 4.79 Å². The fraction of sp³-hybridized carbons (Fsp3) is 0.188. The molecule has 2 aromatic carbocycles. The number of aryl methyl sites for hydroxylation is 1. The van der Waals surface area contributed by atoms with Crippen LogP contribution in [0.2, 0.25) is 0 Å². The van der Waals surface area contributed by atoms with Crippen molar-refractivity contribution >= 4 is 27.5 Å². The smallest absolute Gasteiger partial charge is 0.227 e. The lowest BCUT2D eigenvalue weighted by Gasteiger charge is -2.08. The molecule has 0 heterocycles. The lowest BCUT2D eigenvalue weighted by molar-refractivity contribution is -0.116. The molecule has 2 aromatic rings. The number of benzene rings is 2. The molecule has 0 unspecified atom stereocenters. The zero-order valence-electron chi connectivity index (χ0n) is 11.2. The number of para-hydroxylation sites is 1. The van der Waals surface area contributed by atoms with E-state index in [0.717, 1.165) is 21.5 Å². The predicted octanol–water partition coefficient (Wildman–Crippen LogP) is 4.17. The van der Waals surface area contributed by atoms with Gasteiger partial charge in [0.1, 0.15) is 5.75 Å². The average Bonchev–Trinajstić information content (AvgIpc) is 2.38. The van der Waals surface area contributed by atoms with Crippen molar-refractivity contribution < 1.29 is 9.53 Å². The van der Waals surface area contributed by atoms with Gasteiger partial charge in [-0.1, -0.05) is 34.1 Å². The number of halogens is 1. The Balaban J connectivity index is 1.81. The van der Waals surface area contributed by atoms with Crippen LogP contribution >= 0.6 is 15.9 Å². The van der Waals surface area contributed by atoms with Crippen molar-refractivity contribution in [3.05, 3.63) is 58.6 Å². The Hall–Kier alpha value is -1.81. The van der Waals surface area contributed by atoms with E-state index in [2.05, 4.69) is 21.2 Å². The fourth-order valence-electron chi connectivity index (χ4n) is 1.81. The molecule has 0 aromatic heterocycles. The van der Waals surface area contributed by atoms with Gasteiger partial charge in [0.15, 0.2) is 0 Å². The van der Waals surface area contributed by atoms with Gasteiger partial charge in [0.05, 0.1) is 13.0 Å². The maximum Gasteiger partial charge on any atom is 0.227 e. The number of amides is 1. The minimum absolute atomic E-state index is 0.0570. The zero-order chi connectivity index (χ0) is 14.4. The number of hydrogen-bond donors (Lipinski definition) is 1. The van der Waals surface area contributed by atoms with Crippen LogP contribution < -0.4 is 10.1 Å². The number of anilines is 1. The van der Waals surface area contributed by atoms with Crippen LogP contribution in [0.1, 0.15) is 12.0 Å². The lowest BCUT2D eigenvalue weighted by atomic mass is 10.2. The van der Waals surface area contributed by atoms with Crippen molar-refractivity contribution in [3.63, 3.8) is 0 Å². The molecule has 0 bridgehead atoms. The van der Waals surface area contributed by atoms with Gasteiger partial charge in [-0.05, 0) is 42.8 Å². The van der Waals surface area contributed by atoms with E-state index in [1.54, 1.807) is 0 Å². The second-order valence-electron chi connectivity index (χ2n) is 4.48. The summed E-state index contributed by atoms with van der Waals surface area (Å²) < 4.78 is 6.44. The van der Waals surface area contributed by atoms with Crippen LogP contribution in [0.25, 0.3) is 0 Å². The molecule has 104 valence electrons. The highest BCUT2D eigenvalue weighted by Crippen LogP contribution is 2.19. The first-order chi connectivity index (χ1) is 9.63. The topological polar surface area (TPSA) is 38.3 Å². The summed E-state index contributed by atoms with van der Waals surface area (Å²) in [6, 6.07) is 15.3. The van der Waals surface area contributed by atoms with Crippen LogP contribution in [-0.4, -0.2) is 12.5 Å². The second kappa shape index (κ2) is 7.10. The average molecular weight is 334 g/mol. The van der Waals surface area contributed by atoms with Gasteiger partial charge in [0.2, 0.25) is 5.91 Å². The van der Waals surface area contributed by atoms with Gasteiger partial charge in [-0.25, -0.2) is 0 Å². The maximum absolute atomic E-state index is 11.8. The molecule has 0 aliphatic heterocycles. The number of carbonyl (C=O) groups is 1. The maximum atomic E-state index is 11.8. The Kier molecular flexibility index (Phi) is 5.18. The Bertz CT molecular complexity index is 564. The SMILES string of the molecule is Cc1cc(Br)cc(NC(=O)CCOc2ccccc2)c1. The summed E-state index contributed by atoms with van der Waals surface area (Å²) in [4.78, 5) is 11.8. The zero-order valence-corrected chi connectivity index (χ0v) is 12.8. The first-order valence-electron chi connectivity index (χ1n) is 6.38. The highest BCUT2D eigenvalue weighted by Gasteiger charge is 2.04. The number of ether oxygens (including phenoxy) is 1. The largest absolute Gasteiger partial charge is 0.493 e. The molecule has 0 aliphatic carbocycles. The minimum Gasteiger partial charge on any atom is -0.493 e. The summed E-state index contributed by atoms with van der Waals surface area (Å²) in [7, 11) is 0. The first-order valence-corrected chi connectivity index (χ1v) is 7.18. The number of rotatable bonds is 5. The molecule has 1 amide bonds. The molecule has 2 rings (SSSR count). The van der Waals surface area contributed by atoms with Gasteiger partial charge in [-0.15, -0.1) is 0 Å². The summed E-state index contributed by atoms with van der Waals surface area (Å²) in [6.45, 7) is 2.35. The van der Waals surface area contributed by atoms with E-state index in [4.69, 9.17) is 4.74 Å². The van der Waals surface area contributed by atoms with Crippen LogP contribution in [0, 0.1) is 6.92 Å². The van der Waals surface area contributed by atoms with Crippen molar-refractivity contribution in [2.45, 2.75) is 13.3 Å². The summed E-state index contributed by atoms with van der Waals surface area (Å²) >= 11 is 3.41. The molecule has 0 spiro atoms. The lowest BCUT2D eigenvalue weighted by Crippen LogP contribution is -2.15. The Morgan fingerprint density at radius 3 is 2.65 bits per heavy atom. The van der Waals surface area contributed by atoms with Crippen molar-refractivity contribution in [3.8, 4) is 5.75 Å². The monoisotopic (exact) mass is 333 g/mol. The molecule has 1 N–H and O–H groups in total.